The predicted molar refractivity (Wildman–Crippen MR) is 112 cm³/mol. The van der Waals surface area contributed by atoms with Gasteiger partial charge in [0.2, 0.25) is 5.91 Å². The Labute approximate surface area is 169 Å². The second kappa shape index (κ2) is 8.65. The molecule has 1 amide bonds. The minimum Gasteiger partial charge on any atom is -0.342 e. The maximum Gasteiger partial charge on any atom is 0.262 e. The fraction of sp³-hybridized carbons (Fsp3) is 0.550. The van der Waals surface area contributed by atoms with Crippen LogP contribution in [0.25, 0.3) is 10.9 Å². The van der Waals surface area contributed by atoms with E-state index in [1.165, 1.54) is 11.8 Å². The lowest BCUT2D eigenvalue weighted by molar-refractivity contribution is -0.129. The summed E-state index contributed by atoms with van der Waals surface area (Å²) in [4.78, 5) is 32.1. The summed E-state index contributed by atoms with van der Waals surface area (Å²) < 4.78 is 1.69. The lowest BCUT2D eigenvalue weighted by atomic mass is 9.99. The van der Waals surface area contributed by atoms with Crippen LogP contribution in [-0.4, -0.2) is 39.2 Å². The number of rotatable bonds is 5. The molecule has 27 heavy (non-hydrogen) atoms. The summed E-state index contributed by atoms with van der Waals surface area (Å²) in [6.45, 7) is 8.56. The standard InChI is InChI=1S/C20H26ClN3O2S/c1-13(2)11-24-19(26)16-5-4-15(21)10-17(16)22-20(24)27-12-18(25)23-8-6-14(3)7-9-23/h4-5,10,13-14H,6-9,11-12H2,1-3H3. The van der Waals surface area contributed by atoms with Gasteiger partial charge < -0.3 is 4.90 Å². The molecule has 1 saturated heterocycles. The number of fused-ring (bicyclic) bond motifs is 1. The topological polar surface area (TPSA) is 55.2 Å². The van der Waals surface area contributed by atoms with Gasteiger partial charge in [-0.25, -0.2) is 4.98 Å². The number of aromatic nitrogens is 2. The summed E-state index contributed by atoms with van der Waals surface area (Å²) in [5.74, 6) is 1.39. The van der Waals surface area contributed by atoms with Crippen LogP contribution in [0.2, 0.25) is 5.02 Å². The Balaban J connectivity index is 1.85. The third kappa shape index (κ3) is 4.85. The average Bonchev–Trinajstić information content (AvgIpc) is 2.62. The van der Waals surface area contributed by atoms with E-state index < -0.39 is 0 Å². The zero-order valence-corrected chi connectivity index (χ0v) is 17.6. The Morgan fingerprint density at radius 2 is 2.04 bits per heavy atom. The van der Waals surface area contributed by atoms with Gasteiger partial charge in [0.05, 0.1) is 16.7 Å². The number of hydrogen-bond acceptors (Lipinski definition) is 4. The molecule has 1 aromatic heterocycles. The summed E-state index contributed by atoms with van der Waals surface area (Å²) in [7, 11) is 0. The van der Waals surface area contributed by atoms with Crippen molar-refractivity contribution in [2.45, 2.75) is 45.3 Å². The van der Waals surface area contributed by atoms with E-state index >= 15 is 0 Å². The summed E-state index contributed by atoms with van der Waals surface area (Å²) >= 11 is 7.42. The summed E-state index contributed by atoms with van der Waals surface area (Å²) in [5.41, 5.74) is 0.501. The van der Waals surface area contributed by atoms with Gasteiger partial charge in [0, 0.05) is 24.7 Å². The number of carbonyl (C=O) groups is 1. The fourth-order valence-corrected chi connectivity index (χ4v) is 4.36. The predicted octanol–water partition coefficient (Wildman–Crippen LogP) is 4.06. The number of hydrogen-bond donors (Lipinski definition) is 0. The molecule has 7 heteroatoms. The van der Waals surface area contributed by atoms with Crippen molar-refractivity contribution in [3.05, 3.63) is 33.6 Å². The summed E-state index contributed by atoms with van der Waals surface area (Å²) in [5, 5.41) is 1.69. The zero-order valence-electron chi connectivity index (χ0n) is 16.1. The molecule has 1 aliphatic heterocycles. The SMILES string of the molecule is CC(C)Cn1c(SCC(=O)N2CCC(C)CC2)nc2cc(Cl)ccc2c1=O. The molecule has 0 aliphatic carbocycles. The maximum atomic E-state index is 12.9. The van der Waals surface area contributed by atoms with Gasteiger partial charge in [-0.05, 0) is 42.9 Å². The summed E-state index contributed by atoms with van der Waals surface area (Å²) in [6, 6.07) is 5.13. The first-order valence-electron chi connectivity index (χ1n) is 9.46. The van der Waals surface area contributed by atoms with Gasteiger partial charge in [-0.3, -0.25) is 14.2 Å². The molecule has 0 atom stereocenters. The van der Waals surface area contributed by atoms with Crippen LogP contribution in [0.3, 0.4) is 0 Å². The quantitative estimate of drug-likeness (QED) is 0.554. The first-order valence-corrected chi connectivity index (χ1v) is 10.8. The van der Waals surface area contributed by atoms with E-state index in [-0.39, 0.29) is 11.5 Å². The highest BCUT2D eigenvalue weighted by Crippen LogP contribution is 2.23. The van der Waals surface area contributed by atoms with Crippen LogP contribution in [0, 0.1) is 11.8 Å². The Bertz CT molecular complexity index is 889. The third-order valence-corrected chi connectivity index (χ3v) is 6.09. The van der Waals surface area contributed by atoms with Gasteiger partial charge in [-0.1, -0.05) is 44.1 Å². The molecular formula is C20H26ClN3O2S. The number of benzene rings is 1. The fourth-order valence-electron chi connectivity index (χ4n) is 3.29. The van der Waals surface area contributed by atoms with Crippen LogP contribution >= 0.6 is 23.4 Å². The van der Waals surface area contributed by atoms with E-state index in [9.17, 15) is 9.59 Å². The normalized spacial score (nSPS) is 15.7. The van der Waals surface area contributed by atoms with Crippen molar-refractivity contribution in [1.82, 2.24) is 14.5 Å². The van der Waals surface area contributed by atoms with E-state index in [0.717, 1.165) is 25.9 Å². The highest BCUT2D eigenvalue weighted by Gasteiger charge is 2.21. The van der Waals surface area contributed by atoms with E-state index in [1.807, 2.05) is 4.90 Å². The molecule has 0 N–H and O–H groups in total. The number of thioether (sulfide) groups is 1. The van der Waals surface area contributed by atoms with E-state index in [4.69, 9.17) is 11.6 Å². The second-order valence-electron chi connectivity index (χ2n) is 7.72. The largest absolute Gasteiger partial charge is 0.342 e. The van der Waals surface area contributed by atoms with Crippen LogP contribution in [0.5, 0.6) is 0 Å². The molecule has 3 rings (SSSR count). The Morgan fingerprint density at radius 1 is 1.33 bits per heavy atom. The number of amides is 1. The number of likely N-dealkylation sites (tertiary alicyclic amines) is 1. The molecule has 0 spiro atoms. The van der Waals surface area contributed by atoms with Crippen molar-refractivity contribution in [2.24, 2.45) is 11.8 Å². The van der Waals surface area contributed by atoms with Gasteiger partial charge in [0.1, 0.15) is 0 Å². The van der Waals surface area contributed by atoms with Gasteiger partial charge in [0.25, 0.3) is 5.56 Å². The highest BCUT2D eigenvalue weighted by molar-refractivity contribution is 7.99. The smallest absolute Gasteiger partial charge is 0.262 e. The van der Waals surface area contributed by atoms with Gasteiger partial charge in [0.15, 0.2) is 5.16 Å². The van der Waals surface area contributed by atoms with Crippen molar-refractivity contribution < 1.29 is 4.79 Å². The van der Waals surface area contributed by atoms with E-state index in [1.54, 1.807) is 22.8 Å². The average molecular weight is 408 g/mol. The molecular weight excluding hydrogens is 382 g/mol. The zero-order chi connectivity index (χ0) is 19.6. The lowest BCUT2D eigenvalue weighted by Crippen LogP contribution is -2.39. The van der Waals surface area contributed by atoms with Crippen LogP contribution < -0.4 is 5.56 Å². The molecule has 146 valence electrons. The minimum atomic E-state index is -0.0767. The van der Waals surface area contributed by atoms with Crippen molar-refractivity contribution in [1.29, 1.82) is 0 Å². The Kier molecular flexibility index (Phi) is 6.48. The van der Waals surface area contributed by atoms with Gasteiger partial charge in [-0.2, -0.15) is 0 Å². The van der Waals surface area contributed by atoms with Gasteiger partial charge >= 0.3 is 0 Å². The van der Waals surface area contributed by atoms with E-state index in [0.29, 0.717) is 45.2 Å². The number of carbonyl (C=O) groups excluding carboxylic acids is 1. The Morgan fingerprint density at radius 3 is 2.70 bits per heavy atom. The number of piperidine rings is 1. The molecule has 2 heterocycles. The first-order chi connectivity index (χ1) is 12.8. The van der Waals surface area contributed by atoms with Gasteiger partial charge in [-0.15, -0.1) is 0 Å². The molecule has 1 aromatic carbocycles. The monoisotopic (exact) mass is 407 g/mol. The van der Waals surface area contributed by atoms with Crippen LogP contribution in [0.1, 0.15) is 33.6 Å². The van der Waals surface area contributed by atoms with Crippen molar-refractivity contribution in [3.63, 3.8) is 0 Å². The molecule has 0 saturated carbocycles. The lowest BCUT2D eigenvalue weighted by Gasteiger charge is -2.30. The molecule has 0 bridgehead atoms. The first kappa shape index (κ1) is 20.2. The highest BCUT2D eigenvalue weighted by atomic mass is 35.5. The molecule has 5 nitrogen and oxygen atoms in total. The van der Waals surface area contributed by atoms with Crippen LogP contribution in [-0.2, 0) is 11.3 Å². The number of nitrogens with zero attached hydrogens (tertiary/aromatic N) is 3. The molecule has 0 unspecified atom stereocenters. The number of halogens is 1. The van der Waals surface area contributed by atoms with Crippen molar-refractivity contribution in [2.75, 3.05) is 18.8 Å². The molecule has 1 aliphatic rings. The molecule has 0 radical (unpaired) electrons. The Hall–Kier alpha value is -1.53. The summed E-state index contributed by atoms with van der Waals surface area (Å²) in [6.07, 6.45) is 2.11. The molecule has 1 fully saturated rings. The third-order valence-electron chi connectivity index (χ3n) is 4.89. The van der Waals surface area contributed by atoms with Crippen molar-refractivity contribution >= 4 is 40.2 Å². The maximum absolute atomic E-state index is 12.9. The van der Waals surface area contributed by atoms with E-state index in [2.05, 4.69) is 25.8 Å². The second-order valence-corrected chi connectivity index (χ2v) is 9.10. The molecule has 2 aromatic rings. The minimum absolute atomic E-state index is 0.0767. The van der Waals surface area contributed by atoms with Crippen LogP contribution in [0.4, 0.5) is 0 Å². The van der Waals surface area contributed by atoms with Crippen LogP contribution in [0.15, 0.2) is 28.2 Å². The van der Waals surface area contributed by atoms with Crippen molar-refractivity contribution in [3.8, 4) is 0 Å².